The normalized spacial score (nSPS) is 11.7. The fourth-order valence-corrected chi connectivity index (χ4v) is 2.88. The van der Waals surface area contributed by atoms with Crippen molar-refractivity contribution in [3.05, 3.63) is 40.2 Å². The zero-order valence-electron chi connectivity index (χ0n) is 16.4. The lowest BCUT2D eigenvalue weighted by Crippen LogP contribution is -2.43. The van der Waals surface area contributed by atoms with Crippen LogP contribution in [0.25, 0.3) is 11.0 Å². The van der Waals surface area contributed by atoms with E-state index in [1.54, 1.807) is 26.0 Å². The molecule has 2 aromatic rings. The number of hydrogen-bond donors (Lipinski definition) is 4. The number of fused-ring (bicyclic) bond motifs is 1. The number of nitrogens with one attached hydrogen (secondary N) is 3. The number of carbonyl (C=O) groups is 3. The Morgan fingerprint density at radius 2 is 1.93 bits per heavy atom. The first-order valence-electron chi connectivity index (χ1n) is 9.41. The molecule has 2 rings (SSSR count). The van der Waals surface area contributed by atoms with Gasteiger partial charge in [0.1, 0.15) is 11.6 Å². The molecule has 9 nitrogen and oxygen atoms in total. The van der Waals surface area contributed by atoms with Crippen molar-refractivity contribution in [1.29, 1.82) is 0 Å². The second kappa shape index (κ2) is 10.3. The van der Waals surface area contributed by atoms with Crippen LogP contribution in [0.2, 0.25) is 0 Å². The molecule has 1 atom stereocenters. The van der Waals surface area contributed by atoms with E-state index in [4.69, 9.17) is 9.52 Å². The SMILES string of the molecule is CCC(=O)NCCCC[C@H](NC(=O)O)C(=O)Nc1ccc2c(C)cc(=O)oc2c1. The summed E-state index contributed by atoms with van der Waals surface area (Å²) < 4.78 is 5.16. The van der Waals surface area contributed by atoms with Crippen molar-refractivity contribution in [1.82, 2.24) is 10.6 Å². The number of amides is 3. The molecule has 4 N–H and O–H groups in total. The summed E-state index contributed by atoms with van der Waals surface area (Å²) in [6, 6.07) is 5.34. The number of carbonyl (C=O) groups excluding carboxylic acids is 2. The Bertz CT molecular complexity index is 953. The molecule has 0 aliphatic rings. The number of hydrogen-bond acceptors (Lipinski definition) is 5. The monoisotopic (exact) mass is 403 g/mol. The molecular formula is C20H25N3O6. The molecule has 0 aliphatic heterocycles. The summed E-state index contributed by atoms with van der Waals surface area (Å²) in [7, 11) is 0. The van der Waals surface area contributed by atoms with Crippen molar-refractivity contribution < 1.29 is 23.9 Å². The Balaban J connectivity index is 2.01. The van der Waals surface area contributed by atoms with Crippen molar-refractivity contribution >= 4 is 34.6 Å². The van der Waals surface area contributed by atoms with Gasteiger partial charge in [-0.3, -0.25) is 9.59 Å². The predicted molar refractivity (Wildman–Crippen MR) is 108 cm³/mol. The largest absolute Gasteiger partial charge is 0.465 e. The lowest BCUT2D eigenvalue weighted by Gasteiger charge is -2.17. The summed E-state index contributed by atoms with van der Waals surface area (Å²) >= 11 is 0. The first kappa shape index (κ1) is 21.9. The minimum atomic E-state index is -1.30. The third kappa shape index (κ3) is 6.63. The van der Waals surface area contributed by atoms with Crippen molar-refractivity contribution in [2.45, 2.75) is 45.6 Å². The van der Waals surface area contributed by atoms with Gasteiger partial charge >= 0.3 is 11.7 Å². The standard InChI is InChI=1S/C20H25N3O6/c1-3-17(24)21-9-5-4-6-15(23-20(27)28)19(26)22-13-7-8-14-12(2)10-18(25)29-16(14)11-13/h7-8,10-11,15,23H,3-6,9H2,1-2H3,(H,21,24)(H,22,26)(H,27,28)/t15-/m0/s1. The fourth-order valence-electron chi connectivity index (χ4n) is 2.88. The van der Waals surface area contributed by atoms with Gasteiger partial charge in [-0.2, -0.15) is 0 Å². The second-order valence-corrected chi connectivity index (χ2v) is 6.65. The lowest BCUT2D eigenvalue weighted by molar-refractivity contribution is -0.121. The summed E-state index contributed by atoms with van der Waals surface area (Å²) in [5.74, 6) is -0.569. The first-order valence-corrected chi connectivity index (χ1v) is 9.41. The van der Waals surface area contributed by atoms with E-state index in [1.165, 1.54) is 12.1 Å². The van der Waals surface area contributed by atoms with Crippen LogP contribution in [0.15, 0.2) is 33.5 Å². The van der Waals surface area contributed by atoms with E-state index in [0.717, 1.165) is 10.9 Å². The maximum atomic E-state index is 12.5. The highest BCUT2D eigenvalue weighted by molar-refractivity contribution is 5.98. The third-order valence-corrected chi connectivity index (χ3v) is 4.40. The van der Waals surface area contributed by atoms with E-state index in [0.29, 0.717) is 37.1 Å². The number of unbranched alkanes of at least 4 members (excludes halogenated alkanes) is 1. The van der Waals surface area contributed by atoms with Gasteiger partial charge in [-0.05, 0) is 43.9 Å². The van der Waals surface area contributed by atoms with Crippen LogP contribution in [0, 0.1) is 6.92 Å². The Morgan fingerprint density at radius 3 is 2.62 bits per heavy atom. The topological polar surface area (TPSA) is 138 Å². The van der Waals surface area contributed by atoms with Crippen molar-refractivity contribution in [2.75, 3.05) is 11.9 Å². The van der Waals surface area contributed by atoms with Gasteiger partial charge in [0.15, 0.2) is 0 Å². The Hall–Kier alpha value is -3.36. The molecule has 3 amide bonds. The molecule has 0 aliphatic carbocycles. The molecule has 0 radical (unpaired) electrons. The van der Waals surface area contributed by atoms with Crippen LogP contribution in [0.3, 0.4) is 0 Å². The van der Waals surface area contributed by atoms with Gasteiger partial charge in [-0.25, -0.2) is 9.59 Å². The highest BCUT2D eigenvalue weighted by atomic mass is 16.4. The van der Waals surface area contributed by atoms with Crippen LogP contribution in [-0.2, 0) is 9.59 Å². The molecule has 156 valence electrons. The zero-order chi connectivity index (χ0) is 21.4. The van der Waals surface area contributed by atoms with Crippen molar-refractivity contribution in [3.63, 3.8) is 0 Å². The van der Waals surface area contributed by atoms with Crippen LogP contribution in [0.4, 0.5) is 10.5 Å². The van der Waals surface area contributed by atoms with Crippen molar-refractivity contribution in [3.8, 4) is 0 Å². The van der Waals surface area contributed by atoms with E-state index in [1.807, 2.05) is 0 Å². The highest BCUT2D eigenvalue weighted by Crippen LogP contribution is 2.21. The molecular weight excluding hydrogens is 378 g/mol. The average molecular weight is 403 g/mol. The van der Waals surface area contributed by atoms with E-state index in [9.17, 15) is 19.2 Å². The van der Waals surface area contributed by atoms with Gasteiger partial charge in [-0.1, -0.05) is 6.92 Å². The Labute approximate surface area is 167 Å². The number of benzene rings is 1. The molecule has 29 heavy (non-hydrogen) atoms. The van der Waals surface area contributed by atoms with Crippen LogP contribution in [0.5, 0.6) is 0 Å². The second-order valence-electron chi connectivity index (χ2n) is 6.65. The average Bonchev–Trinajstić information content (AvgIpc) is 2.65. The lowest BCUT2D eigenvalue weighted by atomic mass is 10.1. The van der Waals surface area contributed by atoms with Gasteiger partial charge in [0, 0.05) is 36.2 Å². The predicted octanol–water partition coefficient (Wildman–Crippen LogP) is 2.37. The zero-order valence-corrected chi connectivity index (χ0v) is 16.4. The van der Waals surface area contributed by atoms with E-state index in [-0.39, 0.29) is 12.3 Å². The number of anilines is 1. The van der Waals surface area contributed by atoms with E-state index >= 15 is 0 Å². The number of rotatable bonds is 9. The summed E-state index contributed by atoms with van der Waals surface area (Å²) in [6.45, 7) is 4.01. The molecule has 9 heteroatoms. The Kier molecular flexibility index (Phi) is 7.76. The molecule has 0 bridgehead atoms. The number of aryl methyl sites for hydroxylation is 1. The van der Waals surface area contributed by atoms with Gasteiger partial charge < -0.3 is 25.5 Å². The highest BCUT2D eigenvalue weighted by Gasteiger charge is 2.20. The molecule has 1 aromatic carbocycles. The van der Waals surface area contributed by atoms with Gasteiger partial charge in [0.05, 0.1) is 0 Å². The van der Waals surface area contributed by atoms with Crippen LogP contribution in [-0.4, -0.2) is 35.6 Å². The summed E-state index contributed by atoms with van der Waals surface area (Å²) in [5.41, 5.74) is 1.000. The minimum absolute atomic E-state index is 0.0545. The van der Waals surface area contributed by atoms with Gasteiger partial charge in [0.25, 0.3) is 0 Å². The summed E-state index contributed by atoms with van der Waals surface area (Å²) in [5, 5.41) is 17.3. The van der Waals surface area contributed by atoms with Crippen LogP contribution in [0.1, 0.15) is 38.2 Å². The molecule has 0 fully saturated rings. The van der Waals surface area contributed by atoms with E-state index < -0.39 is 23.7 Å². The third-order valence-electron chi connectivity index (χ3n) is 4.40. The maximum Gasteiger partial charge on any atom is 0.405 e. The molecule has 0 unspecified atom stereocenters. The van der Waals surface area contributed by atoms with E-state index in [2.05, 4.69) is 16.0 Å². The molecule has 1 heterocycles. The van der Waals surface area contributed by atoms with Crippen LogP contribution >= 0.6 is 0 Å². The summed E-state index contributed by atoms with van der Waals surface area (Å²) in [4.78, 5) is 46.3. The number of carboxylic acid groups (broad SMARTS) is 1. The molecule has 0 saturated heterocycles. The quantitative estimate of drug-likeness (QED) is 0.375. The fraction of sp³-hybridized carbons (Fsp3) is 0.400. The maximum absolute atomic E-state index is 12.5. The summed E-state index contributed by atoms with van der Waals surface area (Å²) in [6.07, 6.45) is 0.550. The molecule has 0 spiro atoms. The minimum Gasteiger partial charge on any atom is -0.465 e. The van der Waals surface area contributed by atoms with Crippen LogP contribution < -0.4 is 21.6 Å². The van der Waals surface area contributed by atoms with Crippen molar-refractivity contribution in [2.24, 2.45) is 0 Å². The molecule has 1 aromatic heterocycles. The van der Waals surface area contributed by atoms with Gasteiger partial charge in [0.2, 0.25) is 11.8 Å². The smallest absolute Gasteiger partial charge is 0.405 e. The van der Waals surface area contributed by atoms with Gasteiger partial charge in [-0.15, -0.1) is 0 Å². The first-order chi connectivity index (χ1) is 13.8. The Morgan fingerprint density at radius 1 is 1.17 bits per heavy atom. The molecule has 0 saturated carbocycles.